The maximum atomic E-state index is 13.5. The molecule has 2 atom stereocenters. The van der Waals surface area contributed by atoms with Gasteiger partial charge in [-0.15, -0.1) is 0 Å². The lowest BCUT2D eigenvalue weighted by molar-refractivity contribution is -0.143. The second-order valence-electron chi connectivity index (χ2n) is 10.1. The van der Waals surface area contributed by atoms with Crippen molar-refractivity contribution in [2.45, 2.75) is 51.4 Å². The summed E-state index contributed by atoms with van der Waals surface area (Å²) in [5, 5.41) is 5.73. The number of para-hydroxylation sites is 1. The molecule has 2 aliphatic heterocycles. The molecule has 4 N–H and O–H groups in total. The first-order chi connectivity index (χ1) is 18.5. The van der Waals surface area contributed by atoms with Gasteiger partial charge >= 0.3 is 6.18 Å². The molecule has 0 saturated heterocycles. The average Bonchev–Trinajstić information content (AvgIpc) is 3.70. The highest BCUT2D eigenvalue weighted by molar-refractivity contribution is 6.22. The first-order valence-corrected chi connectivity index (χ1v) is 13.0. The number of halogens is 3. The standard InChI is InChI=1S/C24H24F3N5O3.C4H8/c25-24(26,27)10-9-15(13-18(28)33)22(34)31-21-23(35)32-12-11-29-17-8-4-7-16(20(17)32)19(30-21)14-5-2-1-3-6-14;1-4-2-3-4/h1-8,15,21,29H,9-13H2,(H2,28,33)(H,31,34);4H,2-3H2,1H3. The third-order valence-electron chi connectivity index (χ3n) is 6.76. The molecular weight excluding hydrogens is 511 g/mol. The van der Waals surface area contributed by atoms with E-state index in [1.54, 1.807) is 0 Å². The fourth-order valence-electron chi connectivity index (χ4n) is 4.45. The molecule has 208 valence electrons. The normalized spacial score (nSPS) is 18.9. The quantitative estimate of drug-likeness (QED) is 0.490. The van der Waals surface area contributed by atoms with Crippen molar-refractivity contribution in [3.63, 3.8) is 0 Å². The van der Waals surface area contributed by atoms with Crippen molar-refractivity contribution < 1.29 is 27.6 Å². The summed E-state index contributed by atoms with van der Waals surface area (Å²) >= 11 is 0. The minimum Gasteiger partial charge on any atom is -0.382 e. The van der Waals surface area contributed by atoms with E-state index in [4.69, 9.17) is 5.73 Å². The summed E-state index contributed by atoms with van der Waals surface area (Å²) in [6.07, 6.45) is -5.39. The van der Waals surface area contributed by atoms with Gasteiger partial charge < -0.3 is 21.3 Å². The van der Waals surface area contributed by atoms with Gasteiger partial charge in [0.25, 0.3) is 5.91 Å². The summed E-state index contributed by atoms with van der Waals surface area (Å²) in [6, 6.07) is 14.6. The minimum atomic E-state index is -4.51. The summed E-state index contributed by atoms with van der Waals surface area (Å²) in [5.41, 5.74) is 8.35. The lowest BCUT2D eigenvalue weighted by atomic mass is 9.97. The molecular formula is C28H32F3N5O3. The van der Waals surface area contributed by atoms with E-state index in [0.717, 1.165) is 11.6 Å². The number of nitrogens with one attached hydrogen (secondary N) is 2. The van der Waals surface area contributed by atoms with E-state index in [0.29, 0.717) is 35.6 Å². The lowest BCUT2D eigenvalue weighted by Gasteiger charge is -2.32. The fourth-order valence-corrected chi connectivity index (χ4v) is 4.45. The van der Waals surface area contributed by atoms with Gasteiger partial charge in [-0.05, 0) is 18.4 Å². The highest BCUT2D eigenvalue weighted by Crippen LogP contribution is 2.37. The van der Waals surface area contributed by atoms with Crippen LogP contribution in [0.25, 0.3) is 0 Å². The number of nitrogens with zero attached hydrogens (tertiary/aromatic N) is 2. The number of primary amides is 1. The molecule has 0 aromatic heterocycles. The molecule has 8 nitrogen and oxygen atoms in total. The van der Waals surface area contributed by atoms with Crippen LogP contribution in [0, 0.1) is 11.8 Å². The number of hydrogen-bond acceptors (Lipinski definition) is 5. The third kappa shape index (κ3) is 7.36. The molecule has 1 aliphatic carbocycles. The van der Waals surface area contributed by atoms with Gasteiger partial charge in [0.1, 0.15) is 0 Å². The van der Waals surface area contributed by atoms with Gasteiger partial charge in [-0.3, -0.25) is 14.4 Å². The van der Waals surface area contributed by atoms with E-state index in [9.17, 15) is 27.6 Å². The smallest absolute Gasteiger partial charge is 0.382 e. The Bertz CT molecular complexity index is 1240. The number of nitrogens with two attached hydrogens (primary N) is 1. The van der Waals surface area contributed by atoms with Crippen LogP contribution >= 0.6 is 0 Å². The van der Waals surface area contributed by atoms with Crippen LogP contribution in [-0.4, -0.2) is 48.9 Å². The molecule has 3 aliphatic rings. The van der Waals surface area contributed by atoms with E-state index in [1.165, 1.54) is 17.7 Å². The number of alkyl halides is 3. The van der Waals surface area contributed by atoms with Crippen LogP contribution < -0.4 is 21.3 Å². The lowest BCUT2D eigenvalue weighted by Crippen LogP contribution is -2.51. The van der Waals surface area contributed by atoms with E-state index in [1.807, 2.05) is 48.5 Å². The largest absolute Gasteiger partial charge is 0.389 e. The van der Waals surface area contributed by atoms with Crippen molar-refractivity contribution in [2.75, 3.05) is 23.3 Å². The number of carbonyl (C=O) groups is 3. The summed E-state index contributed by atoms with van der Waals surface area (Å²) in [7, 11) is 0. The molecule has 0 radical (unpaired) electrons. The second-order valence-corrected chi connectivity index (χ2v) is 10.1. The highest BCUT2D eigenvalue weighted by atomic mass is 19.4. The van der Waals surface area contributed by atoms with E-state index < -0.39 is 55.2 Å². The molecule has 2 aromatic rings. The zero-order valence-corrected chi connectivity index (χ0v) is 21.6. The maximum Gasteiger partial charge on any atom is 0.389 e. The molecule has 39 heavy (non-hydrogen) atoms. The zero-order valence-electron chi connectivity index (χ0n) is 21.6. The van der Waals surface area contributed by atoms with Gasteiger partial charge in [0, 0.05) is 43.0 Å². The van der Waals surface area contributed by atoms with Crippen molar-refractivity contribution in [1.82, 2.24) is 5.32 Å². The average molecular weight is 544 g/mol. The Balaban J connectivity index is 0.000000808. The Morgan fingerprint density at radius 3 is 2.46 bits per heavy atom. The number of anilines is 2. The molecule has 1 fully saturated rings. The predicted octanol–water partition coefficient (Wildman–Crippen LogP) is 3.99. The first kappa shape index (κ1) is 28.1. The van der Waals surface area contributed by atoms with E-state index in [2.05, 4.69) is 22.5 Å². The van der Waals surface area contributed by atoms with E-state index >= 15 is 0 Å². The summed E-state index contributed by atoms with van der Waals surface area (Å²) in [6.45, 7) is 3.06. The fraction of sp³-hybridized carbons (Fsp3) is 0.429. The summed E-state index contributed by atoms with van der Waals surface area (Å²) < 4.78 is 38.4. The molecule has 2 heterocycles. The van der Waals surface area contributed by atoms with Gasteiger partial charge in [-0.2, -0.15) is 13.2 Å². The monoisotopic (exact) mass is 543 g/mol. The van der Waals surface area contributed by atoms with Crippen LogP contribution in [0.4, 0.5) is 24.5 Å². The molecule has 3 amide bonds. The summed E-state index contributed by atoms with van der Waals surface area (Å²) in [4.78, 5) is 44.0. The number of aliphatic imine (C=N–C) groups is 1. The number of hydrogen-bond donors (Lipinski definition) is 3. The van der Waals surface area contributed by atoms with Crippen molar-refractivity contribution >= 4 is 34.8 Å². The molecule has 0 bridgehead atoms. The molecule has 11 heteroatoms. The third-order valence-corrected chi connectivity index (χ3v) is 6.76. The predicted molar refractivity (Wildman–Crippen MR) is 142 cm³/mol. The topological polar surface area (TPSA) is 117 Å². The van der Waals surface area contributed by atoms with Crippen molar-refractivity contribution in [3.8, 4) is 0 Å². The molecule has 1 saturated carbocycles. The van der Waals surface area contributed by atoms with Crippen LogP contribution in [0.15, 0.2) is 53.5 Å². The Labute approximate surface area is 224 Å². The van der Waals surface area contributed by atoms with E-state index in [-0.39, 0.29) is 0 Å². The molecule has 5 rings (SSSR count). The van der Waals surface area contributed by atoms with Crippen LogP contribution in [0.5, 0.6) is 0 Å². The first-order valence-electron chi connectivity index (χ1n) is 13.0. The van der Waals surface area contributed by atoms with Crippen LogP contribution in [0.1, 0.15) is 50.2 Å². The van der Waals surface area contributed by atoms with Crippen molar-refractivity contribution in [1.29, 1.82) is 0 Å². The van der Waals surface area contributed by atoms with Gasteiger partial charge in [0.15, 0.2) is 0 Å². The Morgan fingerprint density at radius 1 is 1.15 bits per heavy atom. The van der Waals surface area contributed by atoms with Crippen molar-refractivity contribution in [2.24, 2.45) is 22.6 Å². The number of benzene rings is 2. The van der Waals surface area contributed by atoms with Crippen LogP contribution in [0.2, 0.25) is 0 Å². The maximum absolute atomic E-state index is 13.5. The Morgan fingerprint density at radius 2 is 1.85 bits per heavy atom. The van der Waals surface area contributed by atoms with Gasteiger partial charge in [0.05, 0.1) is 17.1 Å². The van der Waals surface area contributed by atoms with Crippen LogP contribution in [0.3, 0.4) is 0 Å². The molecule has 2 unspecified atom stereocenters. The minimum absolute atomic E-state index is 0.311. The molecule has 0 spiro atoms. The SMILES string of the molecule is CC1CC1.NC(=O)CC(CCC(F)(F)F)C(=O)NC1N=C(c2ccccc2)c2cccc3c2N(CCN3)C1=O. The highest BCUT2D eigenvalue weighted by Gasteiger charge is 2.38. The number of amides is 3. The Kier molecular flexibility index (Phi) is 8.57. The van der Waals surface area contributed by atoms with Gasteiger partial charge in [0.2, 0.25) is 18.0 Å². The number of carbonyl (C=O) groups excluding carboxylic acids is 3. The Hall–Kier alpha value is -3.89. The van der Waals surface area contributed by atoms with Crippen LogP contribution in [-0.2, 0) is 14.4 Å². The zero-order chi connectivity index (χ0) is 28.2. The second kappa shape index (κ2) is 11.9. The van der Waals surface area contributed by atoms with Crippen molar-refractivity contribution in [3.05, 3.63) is 59.7 Å². The number of rotatable bonds is 7. The molecule has 2 aromatic carbocycles. The van der Waals surface area contributed by atoms with Gasteiger partial charge in [-0.1, -0.05) is 62.2 Å². The summed E-state index contributed by atoms with van der Waals surface area (Å²) in [5.74, 6) is -2.58. The van der Waals surface area contributed by atoms with Gasteiger partial charge in [-0.25, -0.2) is 4.99 Å².